The van der Waals surface area contributed by atoms with E-state index in [0.717, 1.165) is 26.9 Å². The molecular formula is C14H18ClN3S. The molecule has 0 aliphatic carbocycles. The van der Waals surface area contributed by atoms with Gasteiger partial charge in [-0.15, -0.1) is 0 Å². The summed E-state index contributed by atoms with van der Waals surface area (Å²) in [6, 6.07) is 6.28. The number of nitrogens with zero attached hydrogens (tertiary/aromatic N) is 2. The van der Waals surface area contributed by atoms with E-state index in [1.54, 1.807) is 11.3 Å². The lowest BCUT2D eigenvalue weighted by Gasteiger charge is -2.20. The first-order chi connectivity index (χ1) is 9.22. The molecule has 5 heteroatoms. The van der Waals surface area contributed by atoms with Crippen LogP contribution in [0.1, 0.15) is 19.8 Å². The van der Waals surface area contributed by atoms with Crippen molar-refractivity contribution in [1.82, 2.24) is 9.88 Å². The highest BCUT2D eigenvalue weighted by atomic mass is 35.5. The van der Waals surface area contributed by atoms with E-state index in [0.29, 0.717) is 6.04 Å². The highest BCUT2D eigenvalue weighted by Crippen LogP contribution is 2.32. The first-order valence-corrected chi connectivity index (χ1v) is 7.96. The monoisotopic (exact) mass is 295 g/mol. The maximum Gasteiger partial charge on any atom is 0.184 e. The molecule has 3 nitrogen and oxygen atoms in total. The van der Waals surface area contributed by atoms with Crippen LogP contribution < -0.4 is 5.32 Å². The van der Waals surface area contributed by atoms with E-state index in [4.69, 9.17) is 11.6 Å². The van der Waals surface area contributed by atoms with Crippen LogP contribution in [0.25, 0.3) is 10.2 Å². The predicted octanol–water partition coefficient (Wildman–Crippen LogP) is 3.85. The summed E-state index contributed by atoms with van der Waals surface area (Å²) >= 11 is 7.82. The average molecular weight is 296 g/mol. The molecule has 1 aromatic carbocycles. The SMILES string of the molecule is CC(CN1CCCC1)Nc1nc2cccc(Cl)c2s1. The smallest absolute Gasteiger partial charge is 0.184 e. The Morgan fingerprint density at radius 1 is 1.42 bits per heavy atom. The van der Waals surface area contributed by atoms with Crippen molar-refractivity contribution < 1.29 is 0 Å². The molecule has 1 aliphatic rings. The summed E-state index contributed by atoms with van der Waals surface area (Å²) < 4.78 is 1.07. The van der Waals surface area contributed by atoms with Gasteiger partial charge in [0.25, 0.3) is 0 Å². The first kappa shape index (κ1) is 13.2. The second kappa shape index (κ2) is 5.65. The van der Waals surface area contributed by atoms with Gasteiger partial charge in [-0.25, -0.2) is 4.98 Å². The van der Waals surface area contributed by atoms with Crippen LogP contribution in [0.5, 0.6) is 0 Å². The molecule has 0 bridgehead atoms. The maximum absolute atomic E-state index is 6.18. The van der Waals surface area contributed by atoms with Crippen LogP contribution in [0, 0.1) is 0 Å². The maximum atomic E-state index is 6.18. The molecule has 1 aliphatic heterocycles. The van der Waals surface area contributed by atoms with Crippen molar-refractivity contribution in [1.29, 1.82) is 0 Å². The zero-order valence-electron chi connectivity index (χ0n) is 11.0. The number of thiazole rings is 1. The Kier molecular flexibility index (Phi) is 3.91. The number of fused-ring (bicyclic) bond motifs is 1. The highest BCUT2D eigenvalue weighted by molar-refractivity contribution is 7.22. The Balaban J connectivity index is 1.68. The minimum absolute atomic E-state index is 0.414. The zero-order chi connectivity index (χ0) is 13.2. The van der Waals surface area contributed by atoms with Gasteiger partial charge in [0, 0.05) is 12.6 Å². The highest BCUT2D eigenvalue weighted by Gasteiger charge is 2.15. The molecule has 0 spiro atoms. The van der Waals surface area contributed by atoms with E-state index >= 15 is 0 Å². The number of aromatic nitrogens is 1. The van der Waals surface area contributed by atoms with Crippen LogP contribution in [0.2, 0.25) is 5.02 Å². The molecular weight excluding hydrogens is 278 g/mol. The fraction of sp³-hybridized carbons (Fsp3) is 0.500. The third-order valence-electron chi connectivity index (χ3n) is 3.47. The van der Waals surface area contributed by atoms with Gasteiger partial charge in [-0.3, -0.25) is 0 Å². The third kappa shape index (κ3) is 3.02. The van der Waals surface area contributed by atoms with Crippen LogP contribution >= 0.6 is 22.9 Å². The molecule has 102 valence electrons. The van der Waals surface area contributed by atoms with Crippen molar-refractivity contribution in [2.24, 2.45) is 0 Å². The largest absolute Gasteiger partial charge is 0.358 e. The molecule has 3 rings (SSSR count). The summed E-state index contributed by atoms with van der Waals surface area (Å²) in [6.07, 6.45) is 2.67. The van der Waals surface area contributed by atoms with Crippen molar-refractivity contribution in [2.45, 2.75) is 25.8 Å². The van der Waals surface area contributed by atoms with Crippen molar-refractivity contribution >= 4 is 38.3 Å². The molecule has 0 radical (unpaired) electrons. The number of likely N-dealkylation sites (tertiary alicyclic amines) is 1. The van der Waals surface area contributed by atoms with Gasteiger partial charge in [0.05, 0.1) is 15.2 Å². The summed E-state index contributed by atoms with van der Waals surface area (Å²) in [5.41, 5.74) is 0.980. The number of hydrogen-bond donors (Lipinski definition) is 1. The van der Waals surface area contributed by atoms with Crippen molar-refractivity contribution in [3.63, 3.8) is 0 Å². The lowest BCUT2D eigenvalue weighted by atomic mass is 10.3. The van der Waals surface area contributed by atoms with Crippen LogP contribution in [0.3, 0.4) is 0 Å². The molecule has 2 heterocycles. The minimum atomic E-state index is 0.414. The van der Waals surface area contributed by atoms with Gasteiger partial charge in [-0.05, 0) is 45.0 Å². The van der Waals surface area contributed by atoms with E-state index in [2.05, 4.69) is 22.1 Å². The number of rotatable bonds is 4. The molecule has 1 saturated heterocycles. The van der Waals surface area contributed by atoms with Gasteiger partial charge < -0.3 is 10.2 Å². The number of nitrogens with one attached hydrogen (secondary N) is 1. The quantitative estimate of drug-likeness (QED) is 0.929. The van der Waals surface area contributed by atoms with Crippen LogP contribution in [-0.4, -0.2) is 35.6 Å². The predicted molar refractivity (Wildman–Crippen MR) is 83.4 cm³/mol. The summed E-state index contributed by atoms with van der Waals surface area (Å²) in [4.78, 5) is 7.10. The molecule has 0 amide bonds. The van der Waals surface area contributed by atoms with Crippen LogP contribution in [-0.2, 0) is 0 Å². The van der Waals surface area contributed by atoms with Crippen molar-refractivity contribution in [3.05, 3.63) is 23.2 Å². The first-order valence-electron chi connectivity index (χ1n) is 6.76. The van der Waals surface area contributed by atoms with E-state index in [1.165, 1.54) is 25.9 Å². The van der Waals surface area contributed by atoms with Crippen molar-refractivity contribution in [2.75, 3.05) is 25.0 Å². The van der Waals surface area contributed by atoms with Crippen LogP contribution in [0.4, 0.5) is 5.13 Å². The van der Waals surface area contributed by atoms with Gasteiger partial charge in [-0.1, -0.05) is 29.0 Å². The second-order valence-electron chi connectivity index (χ2n) is 5.16. The van der Waals surface area contributed by atoms with E-state index in [1.807, 2.05) is 18.2 Å². The number of benzene rings is 1. The van der Waals surface area contributed by atoms with E-state index in [-0.39, 0.29) is 0 Å². The van der Waals surface area contributed by atoms with Gasteiger partial charge in [0.1, 0.15) is 0 Å². The molecule has 2 aromatic rings. The average Bonchev–Trinajstić information content (AvgIpc) is 2.98. The van der Waals surface area contributed by atoms with Gasteiger partial charge >= 0.3 is 0 Å². The zero-order valence-corrected chi connectivity index (χ0v) is 12.6. The fourth-order valence-corrected chi connectivity index (χ4v) is 3.85. The van der Waals surface area contributed by atoms with Crippen LogP contribution in [0.15, 0.2) is 18.2 Å². The lowest BCUT2D eigenvalue weighted by Crippen LogP contribution is -2.32. The minimum Gasteiger partial charge on any atom is -0.358 e. The van der Waals surface area contributed by atoms with Crippen molar-refractivity contribution in [3.8, 4) is 0 Å². The van der Waals surface area contributed by atoms with Gasteiger partial charge in [0.15, 0.2) is 5.13 Å². The molecule has 0 saturated carbocycles. The van der Waals surface area contributed by atoms with Gasteiger partial charge in [0.2, 0.25) is 0 Å². The molecule has 1 aromatic heterocycles. The summed E-state index contributed by atoms with van der Waals surface area (Å²) in [5, 5.41) is 5.25. The normalized spacial score (nSPS) is 18.0. The molecule has 1 N–H and O–H groups in total. The number of anilines is 1. The number of hydrogen-bond acceptors (Lipinski definition) is 4. The Bertz CT molecular complexity index is 563. The topological polar surface area (TPSA) is 28.2 Å². The Morgan fingerprint density at radius 3 is 2.95 bits per heavy atom. The molecule has 19 heavy (non-hydrogen) atoms. The standard InChI is InChI=1S/C14H18ClN3S/c1-10(9-18-7-2-3-8-18)16-14-17-12-6-4-5-11(15)13(12)19-14/h4-6,10H,2-3,7-9H2,1H3,(H,16,17). The Labute approximate surface area is 122 Å². The molecule has 1 fully saturated rings. The summed E-state index contributed by atoms with van der Waals surface area (Å²) in [6.45, 7) is 5.77. The molecule has 1 unspecified atom stereocenters. The third-order valence-corrected chi connectivity index (χ3v) is 4.93. The summed E-state index contributed by atoms with van der Waals surface area (Å²) in [5.74, 6) is 0. The Morgan fingerprint density at radius 2 is 2.21 bits per heavy atom. The number of halogens is 1. The van der Waals surface area contributed by atoms with E-state index in [9.17, 15) is 0 Å². The Hall–Kier alpha value is -0.840. The molecule has 1 atom stereocenters. The fourth-order valence-electron chi connectivity index (χ4n) is 2.59. The summed E-state index contributed by atoms with van der Waals surface area (Å²) in [7, 11) is 0. The van der Waals surface area contributed by atoms with E-state index < -0.39 is 0 Å². The lowest BCUT2D eigenvalue weighted by molar-refractivity contribution is 0.328. The second-order valence-corrected chi connectivity index (χ2v) is 6.57. The van der Waals surface area contributed by atoms with Gasteiger partial charge in [-0.2, -0.15) is 0 Å².